The fourth-order valence-electron chi connectivity index (χ4n) is 1.89. The molecule has 7 heteroatoms. The van der Waals surface area contributed by atoms with E-state index in [0.717, 1.165) is 13.1 Å². The minimum atomic E-state index is -0.481. The number of hydrogen-bond acceptors (Lipinski definition) is 7. The Labute approximate surface area is 145 Å². The summed E-state index contributed by atoms with van der Waals surface area (Å²) in [4.78, 5) is 26.7. The summed E-state index contributed by atoms with van der Waals surface area (Å²) in [6, 6.07) is 0. The zero-order valence-electron chi connectivity index (χ0n) is 14.0. The SMILES string of the molecule is CCN(CC)CC#C[C@H](C)OC(=O)c1csc(-c2cnccn2)n1. The number of rotatable bonds is 6. The molecule has 0 radical (unpaired) electrons. The summed E-state index contributed by atoms with van der Waals surface area (Å²) in [5, 5.41) is 2.29. The van der Waals surface area contributed by atoms with Crippen molar-refractivity contribution in [2.75, 3.05) is 19.6 Å². The lowest BCUT2D eigenvalue weighted by molar-refractivity contribution is 0.0432. The lowest BCUT2D eigenvalue weighted by Crippen LogP contribution is -2.23. The monoisotopic (exact) mass is 344 g/mol. The second-order valence-corrected chi connectivity index (χ2v) is 5.82. The Hall–Kier alpha value is -2.30. The van der Waals surface area contributed by atoms with Gasteiger partial charge in [-0.3, -0.25) is 14.9 Å². The van der Waals surface area contributed by atoms with Crippen molar-refractivity contribution < 1.29 is 9.53 Å². The molecule has 0 aliphatic carbocycles. The standard InChI is InChI=1S/C17H20N4O2S/c1-4-21(5-2)10-6-7-13(3)23-17(22)15-12-24-16(20-15)14-11-18-8-9-19-14/h8-9,11-13H,4-5,10H2,1-3H3/t13-/m0/s1. The van der Waals surface area contributed by atoms with E-state index in [1.54, 1.807) is 30.9 Å². The number of ether oxygens (including phenoxy) is 1. The molecule has 2 rings (SSSR count). The largest absolute Gasteiger partial charge is 0.445 e. The Morgan fingerprint density at radius 3 is 2.83 bits per heavy atom. The zero-order valence-corrected chi connectivity index (χ0v) is 14.8. The van der Waals surface area contributed by atoms with Crippen LogP contribution in [-0.4, -0.2) is 51.6 Å². The van der Waals surface area contributed by atoms with E-state index in [1.165, 1.54) is 11.3 Å². The van der Waals surface area contributed by atoms with Gasteiger partial charge in [-0.15, -0.1) is 11.3 Å². The van der Waals surface area contributed by atoms with Crippen LogP contribution in [0, 0.1) is 11.8 Å². The molecule has 0 aliphatic heterocycles. The number of carbonyl (C=O) groups excluding carboxylic acids is 1. The van der Waals surface area contributed by atoms with Crippen LogP contribution in [-0.2, 0) is 4.74 Å². The predicted molar refractivity (Wildman–Crippen MR) is 93.6 cm³/mol. The highest BCUT2D eigenvalue weighted by Gasteiger charge is 2.15. The second-order valence-electron chi connectivity index (χ2n) is 4.96. The molecule has 0 aromatic carbocycles. The summed E-state index contributed by atoms with van der Waals surface area (Å²) in [6.45, 7) is 8.50. The maximum Gasteiger partial charge on any atom is 0.359 e. The van der Waals surface area contributed by atoms with Gasteiger partial charge in [0.15, 0.2) is 11.8 Å². The summed E-state index contributed by atoms with van der Waals surface area (Å²) >= 11 is 1.33. The van der Waals surface area contributed by atoms with Crippen LogP contribution in [0.5, 0.6) is 0 Å². The Balaban J connectivity index is 1.93. The van der Waals surface area contributed by atoms with Crippen LogP contribution < -0.4 is 0 Å². The Kier molecular flexibility index (Phi) is 6.85. The number of esters is 1. The lowest BCUT2D eigenvalue weighted by atomic mass is 10.3. The molecule has 0 saturated carbocycles. The third-order valence-electron chi connectivity index (χ3n) is 3.28. The van der Waals surface area contributed by atoms with Crippen LogP contribution in [0.3, 0.4) is 0 Å². The Morgan fingerprint density at radius 1 is 1.38 bits per heavy atom. The highest BCUT2D eigenvalue weighted by atomic mass is 32.1. The fraction of sp³-hybridized carbons (Fsp3) is 0.412. The fourth-order valence-corrected chi connectivity index (χ4v) is 2.64. The van der Waals surface area contributed by atoms with Crippen molar-refractivity contribution in [2.45, 2.75) is 26.9 Å². The third kappa shape index (κ3) is 5.11. The van der Waals surface area contributed by atoms with Gasteiger partial charge in [0, 0.05) is 17.8 Å². The van der Waals surface area contributed by atoms with Gasteiger partial charge in [-0.2, -0.15) is 0 Å². The highest BCUT2D eigenvalue weighted by molar-refractivity contribution is 7.13. The first-order valence-corrected chi connectivity index (χ1v) is 8.65. The van der Waals surface area contributed by atoms with Crippen molar-refractivity contribution in [2.24, 2.45) is 0 Å². The average molecular weight is 344 g/mol. The van der Waals surface area contributed by atoms with E-state index in [4.69, 9.17) is 4.74 Å². The highest BCUT2D eigenvalue weighted by Crippen LogP contribution is 2.21. The molecule has 2 aromatic rings. The smallest absolute Gasteiger partial charge is 0.359 e. The maximum absolute atomic E-state index is 12.1. The first-order valence-electron chi connectivity index (χ1n) is 7.77. The molecule has 0 aliphatic rings. The average Bonchev–Trinajstić information content (AvgIpc) is 3.10. The summed E-state index contributed by atoms with van der Waals surface area (Å²) in [5.74, 6) is 5.50. The van der Waals surface area contributed by atoms with Gasteiger partial charge < -0.3 is 4.74 Å². The van der Waals surface area contributed by atoms with Crippen LogP contribution in [0.25, 0.3) is 10.7 Å². The third-order valence-corrected chi connectivity index (χ3v) is 4.15. The Bertz CT molecular complexity index is 717. The molecule has 1 atom stereocenters. The molecular weight excluding hydrogens is 324 g/mol. The normalized spacial score (nSPS) is 11.7. The summed E-state index contributed by atoms with van der Waals surface area (Å²) < 4.78 is 5.31. The van der Waals surface area contributed by atoms with E-state index >= 15 is 0 Å². The van der Waals surface area contributed by atoms with Crippen molar-refractivity contribution >= 4 is 17.3 Å². The van der Waals surface area contributed by atoms with E-state index in [-0.39, 0.29) is 5.69 Å². The predicted octanol–water partition coefficient (Wildman–Crippen LogP) is 2.49. The molecular formula is C17H20N4O2S. The van der Waals surface area contributed by atoms with E-state index in [0.29, 0.717) is 17.2 Å². The first-order chi connectivity index (χ1) is 11.6. The zero-order chi connectivity index (χ0) is 17.4. The quantitative estimate of drug-likeness (QED) is 0.592. The van der Waals surface area contributed by atoms with Crippen LogP contribution in [0.4, 0.5) is 0 Å². The van der Waals surface area contributed by atoms with Crippen molar-refractivity contribution in [3.05, 3.63) is 29.7 Å². The molecule has 0 spiro atoms. The molecule has 0 bridgehead atoms. The molecule has 6 nitrogen and oxygen atoms in total. The summed E-state index contributed by atoms with van der Waals surface area (Å²) in [6.07, 6.45) is 4.30. The molecule has 2 aromatic heterocycles. The molecule has 0 fully saturated rings. The number of aromatic nitrogens is 3. The van der Waals surface area contributed by atoms with Crippen LogP contribution in [0.2, 0.25) is 0 Å². The van der Waals surface area contributed by atoms with Gasteiger partial charge in [-0.25, -0.2) is 9.78 Å². The molecule has 2 heterocycles. The molecule has 0 saturated heterocycles. The minimum absolute atomic E-state index is 0.262. The van der Waals surface area contributed by atoms with Gasteiger partial charge in [0.25, 0.3) is 0 Å². The number of carbonyl (C=O) groups is 1. The van der Waals surface area contributed by atoms with Crippen molar-refractivity contribution in [1.82, 2.24) is 19.9 Å². The van der Waals surface area contributed by atoms with Crippen LogP contribution >= 0.6 is 11.3 Å². The molecule has 0 amide bonds. The van der Waals surface area contributed by atoms with E-state index in [2.05, 4.69) is 45.5 Å². The maximum atomic E-state index is 12.1. The molecule has 126 valence electrons. The molecule has 0 N–H and O–H groups in total. The van der Waals surface area contributed by atoms with Crippen molar-refractivity contribution in [3.8, 4) is 22.5 Å². The summed E-state index contributed by atoms with van der Waals surface area (Å²) in [7, 11) is 0. The summed E-state index contributed by atoms with van der Waals surface area (Å²) in [5.41, 5.74) is 0.895. The first kappa shape index (κ1) is 18.0. The Morgan fingerprint density at radius 2 is 2.17 bits per heavy atom. The van der Waals surface area contributed by atoms with Gasteiger partial charge in [0.2, 0.25) is 0 Å². The second kappa shape index (κ2) is 9.11. The van der Waals surface area contributed by atoms with Crippen LogP contribution in [0.1, 0.15) is 31.3 Å². The van der Waals surface area contributed by atoms with Gasteiger partial charge >= 0.3 is 5.97 Å². The van der Waals surface area contributed by atoms with Gasteiger partial charge in [0.1, 0.15) is 10.7 Å². The van der Waals surface area contributed by atoms with Crippen LogP contribution in [0.15, 0.2) is 24.0 Å². The lowest BCUT2D eigenvalue weighted by Gasteiger charge is -2.13. The van der Waals surface area contributed by atoms with Gasteiger partial charge in [0.05, 0.1) is 12.7 Å². The molecule has 24 heavy (non-hydrogen) atoms. The molecule has 0 unspecified atom stereocenters. The van der Waals surface area contributed by atoms with E-state index < -0.39 is 12.1 Å². The van der Waals surface area contributed by atoms with E-state index in [9.17, 15) is 4.79 Å². The topological polar surface area (TPSA) is 68.2 Å². The minimum Gasteiger partial charge on any atom is -0.445 e. The van der Waals surface area contributed by atoms with Gasteiger partial charge in [-0.05, 0) is 20.0 Å². The number of hydrogen-bond donors (Lipinski definition) is 0. The van der Waals surface area contributed by atoms with Crippen molar-refractivity contribution in [1.29, 1.82) is 0 Å². The van der Waals surface area contributed by atoms with Crippen molar-refractivity contribution in [3.63, 3.8) is 0 Å². The van der Waals surface area contributed by atoms with E-state index in [1.807, 2.05) is 0 Å². The van der Waals surface area contributed by atoms with Gasteiger partial charge in [-0.1, -0.05) is 25.7 Å². The number of thiazole rings is 1. The number of nitrogens with zero attached hydrogens (tertiary/aromatic N) is 4.